The summed E-state index contributed by atoms with van der Waals surface area (Å²) in [7, 11) is 0. The van der Waals surface area contributed by atoms with Crippen LogP contribution >= 0.6 is 0 Å². The van der Waals surface area contributed by atoms with Crippen molar-refractivity contribution in [2.45, 2.75) is 0 Å². The molecule has 1 aliphatic rings. The zero-order chi connectivity index (χ0) is 13.3. The standard InChI is InChI=1S/C11H10N2O5/c14-9(15)6-3-7(10(16)17)5-8(4-6)13-2-1-12-11(13)18/h3-5H,1-2H2,(H,12,18)(H,14,15)(H,16,17). The zero-order valence-electron chi connectivity index (χ0n) is 9.21. The number of nitrogens with zero attached hydrogens (tertiary/aromatic N) is 1. The molecular weight excluding hydrogens is 240 g/mol. The van der Waals surface area contributed by atoms with E-state index in [2.05, 4.69) is 5.32 Å². The largest absolute Gasteiger partial charge is 0.478 e. The van der Waals surface area contributed by atoms with Gasteiger partial charge in [-0.1, -0.05) is 0 Å². The molecule has 3 N–H and O–H groups in total. The number of carboxylic acids is 2. The molecule has 1 aromatic rings. The number of aromatic carboxylic acids is 2. The second kappa shape index (κ2) is 4.36. The Bertz CT molecular complexity index is 508. The summed E-state index contributed by atoms with van der Waals surface area (Å²) in [5.74, 6) is -2.47. The van der Waals surface area contributed by atoms with Gasteiger partial charge in [0.25, 0.3) is 0 Å². The van der Waals surface area contributed by atoms with Gasteiger partial charge in [-0.15, -0.1) is 0 Å². The highest BCUT2D eigenvalue weighted by Crippen LogP contribution is 2.21. The molecule has 1 fully saturated rings. The molecule has 7 nitrogen and oxygen atoms in total. The Morgan fingerprint density at radius 1 is 1.11 bits per heavy atom. The number of hydrogen-bond donors (Lipinski definition) is 3. The minimum absolute atomic E-state index is 0.162. The third-order valence-corrected chi connectivity index (χ3v) is 2.58. The van der Waals surface area contributed by atoms with E-state index in [1.807, 2.05) is 0 Å². The third kappa shape index (κ3) is 2.10. The summed E-state index contributed by atoms with van der Waals surface area (Å²) < 4.78 is 0. The van der Waals surface area contributed by atoms with E-state index < -0.39 is 11.9 Å². The smallest absolute Gasteiger partial charge is 0.335 e. The number of amides is 2. The van der Waals surface area contributed by atoms with Gasteiger partial charge < -0.3 is 15.5 Å². The number of anilines is 1. The summed E-state index contributed by atoms with van der Waals surface area (Å²) in [6.45, 7) is 0.819. The summed E-state index contributed by atoms with van der Waals surface area (Å²) >= 11 is 0. The fraction of sp³-hybridized carbons (Fsp3) is 0.182. The van der Waals surface area contributed by atoms with Crippen molar-refractivity contribution < 1.29 is 24.6 Å². The van der Waals surface area contributed by atoms with E-state index in [1.165, 1.54) is 17.0 Å². The quantitative estimate of drug-likeness (QED) is 0.728. The van der Waals surface area contributed by atoms with E-state index in [9.17, 15) is 14.4 Å². The van der Waals surface area contributed by atoms with Crippen molar-refractivity contribution in [3.63, 3.8) is 0 Å². The summed E-state index contributed by atoms with van der Waals surface area (Å²) in [6.07, 6.45) is 0. The van der Waals surface area contributed by atoms with Gasteiger partial charge in [0.2, 0.25) is 0 Å². The first-order chi connectivity index (χ1) is 8.49. The van der Waals surface area contributed by atoms with E-state index in [0.717, 1.165) is 6.07 Å². The van der Waals surface area contributed by atoms with Gasteiger partial charge in [0.05, 0.1) is 11.1 Å². The molecule has 0 aliphatic carbocycles. The van der Waals surface area contributed by atoms with Crippen molar-refractivity contribution >= 4 is 23.7 Å². The molecule has 0 radical (unpaired) electrons. The first kappa shape index (κ1) is 11.9. The maximum Gasteiger partial charge on any atom is 0.335 e. The molecule has 0 spiro atoms. The molecule has 7 heteroatoms. The molecule has 0 saturated carbocycles. The zero-order valence-corrected chi connectivity index (χ0v) is 9.21. The van der Waals surface area contributed by atoms with Crippen molar-refractivity contribution in [1.29, 1.82) is 0 Å². The Kier molecular flexibility index (Phi) is 2.88. The SMILES string of the molecule is O=C(O)c1cc(C(=O)O)cc(N2CCNC2=O)c1. The number of rotatable bonds is 3. The number of carbonyl (C=O) groups excluding carboxylic acids is 1. The van der Waals surface area contributed by atoms with Gasteiger partial charge in [-0.05, 0) is 18.2 Å². The summed E-state index contributed by atoms with van der Waals surface area (Å²) in [5, 5.41) is 20.4. The van der Waals surface area contributed by atoms with Crippen LogP contribution in [0.4, 0.5) is 10.5 Å². The first-order valence-electron chi connectivity index (χ1n) is 5.16. The second-order valence-electron chi connectivity index (χ2n) is 3.76. The van der Waals surface area contributed by atoms with Crippen LogP contribution in [0.25, 0.3) is 0 Å². The highest BCUT2D eigenvalue weighted by atomic mass is 16.4. The van der Waals surface area contributed by atoms with Gasteiger partial charge >= 0.3 is 18.0 Å². The van der Waals surface area contributed by atoms with Crippen molar-refractivity contribution in [2.24, 2.45) is 0 Å². The van der Waals surface area contributed by atoms with Gasteiger partial charge in [0.1, 0.15) is 0 Å². The monoisotopic (exact) mass is 250 g/mol. The van der Waals surface area contributed by atoms with Crippen LogP contribution < -0.4 is 10.2 Å². The van der Waals surface area contributed by atoms with Gasteiger partial charge in [0.15, 0.2) is 0 Å². The second-order valence-corrected chi connectivity index (χ2v) is 3.76. The molecule has 18 heavy (non-hydrogen) atoms. The van der Waals surface area contributed by atoms with Gasteiger partial charge in [-0.25, -0.2) is 14.4 Å². The number of hydrogen-bond acceptors (Lipinski definition) is 3. The Hall–Kier alpha value is -2.57. The van der Waals surface area contributed by atoms with E-state index >= 15 is 0 Å². The molecule has 2 amide bonds. The van der Waals surface area contributed by atoms with E-state index in [0.29, 0.717) is 13.1 Å². The lowest BCUT2D eigenvalue weighted by Crippen LogP contribution is -2.28. The molecule has 1 saturated heterocycles. The average Bonchev–Trinajstić information content (AvgIpc) is 2.74. The van der Waals surface area contributed by atoms with Crippen LogP contribution in [0.2, 0.25) is 0 Å². The molecule has 0 bridgehead atoms. The topological polar surface area (TPSA) is 107 Å². The summed E-state index contributed by atoms with van der Waals surface area (Å²) in [6, 6.07) is 3.25. The molecule has 0 atom stereocenters. The Morgan fingerprint density at radius 3 is 2.06 bits per heavy atom. The predicted molar refractivity (Wildman–Crippen MR) is 61.1 cm³/mol. The number of benzene rings is 1. The fourth-order valence-electron chi connectivity index (χ4n) is 1.73. The van der Waals surface area contributed by atoms with Gasteiger partial charge in [-0.2, -0.15) is 0 Å². The van der Waals surface area contributed by atoms with Gasteiger partial charge in [0, 0.05) is 18.8 Å². The van der Waals surface area contributed by atoms with Crippen LogP contribution in [-0.4, -0.2) is 41.3 Å². The van der Waals surface area contributed by atoms with Crippen molar-refractivity contribution in [3.8, 4) is 0 Å². The van der Waals surface area contributed by atoms with E-state index in [4.69, 9.17) is 10.2 Å². The van der Waals surface area contributed by atoms with Crippen LogP contribution in [0, 0.1) is 0 Å². The fourth-order valence-corrected chi connectivity index (χ4v) is 1.73. The van der Waals surface area contributed by atoms with Crippen molar-refractivity contribution in [2.75, 3.05) is 18.0 Å². The van der Waals surface area contributed by atoms with Crippen LogP contribution in [0.5, 0.6) is 0 Å². The third-order valence-electron chi connectivity index (χ3n) is 2.58. The molecule has 1 heterocycles. The average molecular weight is 250 g/mol. The highest BCUT2D eigenvalue weighted by molar-refractivity contribution is 5.99. The van der Waals surface area contributed by atoms with Crippen molar-refractivity contribution in [1.82, 2.24) is 5.32 Å². The lowest BCUT2D eigenvalue weighted by atomic mass is 10.1. The molecule has 0 aromatic heterocycles. The van der Waals surface area contributed by atoms with Crippen LogP contribution in [0.1, 0.15) is 20.7 Å². The maximum atomic E-state index is 11.5. The van der Waals surface area contributed by atoms with E-state index in [-0.39, 0.29) is 22.8 Å². The number of nitrogens with one attached hydrogen (secondary N) is 1. The van der Waals surface area contributed by atoms with Crippen LogP contribution in [-0.2, 0) is 0 Å². The normalized spacial score (nSPS) is 14.4. The maximum absolute atomic E-state index is 11.5. The summed E-state index contributed by atoms with van der Waals surface area (Å²) in [4.78, 5) is 34.6. The lowest BCUT2D eigenvalue weighted by Gasteiger charge is -2.15. The molecule has 1 aliphatic heterocycles. The molecule has 2 rings (SSSR count). The predicted octanol–water partition coefficient (Wildman–Crippen LogP) is 0.613. The van der Waals surface area contributed by atoms with Gasteiger partial charge in [-0.3, -0.25) is 4.90 Å². The Balaban J connectivity index is 2.49. The lowest BCUT2D eigenvalue weighted by molar-refractivity contribution is 0.0696. The Morgan fingerprint density at radius 2 is 1.67 bits per heavy atom. The highest BCUT2D eigenvalue weighted by Gasteiger charge is 2.23. The Labute approximate surface area is 102 Å². The first-order valence-corrected chi connectivity index (χ1v) is 5.16. The van der Waals surface area contributed by atoms with E-state index in [1.54, 1.807) is 0 Å². The molecule has 1 aromatic carbocycles. The van der Waals surface area contributed by atoms with Crippen LogP contribution in [0.15, 0.2) is 18.2 Å². The summed E-state index contributed by atoms with van der Waals surface area (Å²) in [5.41, 5.74) is -0.0588. The number of urea groups is 1. The molecule has 94 valence electrons. The minimum Gasteiger partial charge on any atom is -0.478 e. The van der Waals surface area contributed by atoms with Crippen LogP contribution in [0.3, 0.4) is 0 Å². The molecular formula is C11H10N2O5. The molecule has 0 unspecified atom stereocenters. The number of carbonyl (C=O) groups is 3. The minimum atomic E-state index is -1.24. The number of carboxylic acid groups (broad SMARTS) is 2. The van der Waals surface area contributed by atoms with Crippen molar-refractivity contribution in [3.05, 3.63) is 29.3 Å².